The Bertz CT molecular complexity index is 757. The SMILES string of the molecule is CCC(C)N(C)CCn1c(=S)[nH]c2sc(C)c(C)c2c1=O. The molecule has 6 heteroatoms. The lowest BCUT2D eigenvalue weighted by Crippen LogP contribution is -2.34. The van der Waals surface area contributed by atoms with E-state index < -0.39 is 0 Å². The number of fused-ring (bicyclic) bond motifs is 1. The van der Waals surface area contributed by atoms with Gasteiger partial charge in [-0.05, 0) is 52.0 Å². The maximum Gasteiger partial charge on any atom is 0.263 e. The van der Waals surface area contributed by atoms with Crippen molar-refractivity contribution in [1.82, 2.24) is 14.5 Å². The number of hydrogen-bond donors (Lipinski definition) is 1. The zero-order valence-corrected chi connectivity index (χ0v) is 15.0. The zero-order chi connectivity index (χ0) is 15.7. The number of rotatable bonds is 5. The first-order chi connectivity index (χ1) is 9.86. The summed E-state index contributed by atoms with van der Waals surface area (Å²) in [7, 11) is 2.09. The van der Waals surface area contributed by atoms with E-state index in [4.69, 9.17) is 12.2 Å². The lowest BCUT2D eigenvalue weighted by molar-refractivity contribution is 0.241. The lowest BCUT2D eigenvalue weighted by Gasteiger charge is -2.23. The minimum atomic E-state index is 0.0353. The van der Waals surface area contributed by atoms with Crippen LogP contribution in [0.1, 0.15) is 30.7 Å². The summed E-state index contributed by atoms with van der Waals surface area (Å²) in [5.74, 6) is 0. The third-order valence-corrected chi connectivity index (χ3v) is 5.77. The summed E-state index contributed by atoms with van der Waals surface area (Å²) in [5.41, 5.74) is 1.10. The highest BCUT2D eigenvalue weighted by atomic mass is 32.1. The van der Waals surface area contributed by atoms with Crippen molar-refractivity contribution in [3.63, 3.8) is 0 Å². The van der Waals surface area contributed by atoms with Crippen LogP contribution in [0.25, 0.3) is 10.2 Å². The third kappa shape index (κ3) is 3.12. The number of hydrogen-bond acceptors (Lipinski definition) is 4. The van der Waals surface area contributed by atoms with Crippen LogP contribution in [0.2, 0.25) is 0 Å². The van der Waals surface area contributed by atoms with Gasteiger partial charge < -0.3 is 9.88 Å². The van der Waals surface area contributed by atoms with Crippen LogP contribution in [0.3, 0.4) is 0 Å². The molecule has 21 heavy (non-hydrogen) atoms. The number of thiophene rings is 1. The molecule has 2 heterocycles. The zero-order valence-electron chi connectivity index (χ0n) is 13.3. The minimum absolute atomic E-state index is 0.0353. The predicted molar refractivity (Wildman–Crippen MR) is 93.1 cm³/mol. The van der Waals surface area contributed by atoms with Crippen LogP contribution in [0.5, 0.6) is 0 Å². The molecular weight excluding hydrogens is 302 g/mol. The predicted octanol–water partition coefficient (Wildman–Crippen LogP) is 3.47. The van der Waals surface area contributed by atoms with E-state index in [1.807, 2.05) is 13.8 Å². The molecule has 2 aromatic rings. The molecule has 0 aliphatic rings. The number of nitrogens with one attached hydrogen (secondary N) is 1. The largest absolute Gasteiger partial charge is 0.323 e. The number of H-pyrrole nitrogens is 1. The Hall–Kier alpha value is -0.980. The van der Waals surface area contributed by atoms with E-state index in [9.17, 15) is 4.79 Å². The molecule has 1 unspecified atom stereocenters. The molecule has 0 aliphatic heterocycles. The summed E-state index contributed by atoms with van der Waals surface area (Å²) in [6, 6.07) is 0.507. The van der Waals surface area contributed by atoms with Gasteiger partial charge >= 0.3 is 0 Å². The van der Waals surface area contributed by atoms with E-state index in [1.54, 1.807) is 15.9 Å². The maximum absolute atomic E-state index is 12.7. The van der Waals surface area contributed by atoms with Crippen molar-refractivity contribution in [3.05, 3.63) is 25.6 Å². The molecule has 0 fully saturated rings. The van der Waals surface area contributed by atoms with Gasteiger partial charge in [0.1, 0.15) is 4.83 Å². The van der Waals surface area contributed by atoms with Crippen LogP contribution in [-0.2, 0) is 6.54 Å². The summed E-state index contributed by atoms with van der Waals surface area (Å²) < 4.78 is 2.21. The van der Waals surface area contributed by atoms with Crippen LogP contribution < -0.4 is 5.56 Å². The van der Waals surface area contributed by atoms with Crippen molar-refractivity contribution < 1.29 is 0 Å². The minimum Gasteiger partial charge on any atom is -0.323 e. The second-order valence-electron chi connectivity index (χ2n) is 5.61. The Morgan fingerprint density at radius 3 is 2.71 bits per heavy atom. The highest BCUT2D eigenvalue weighted by molar-refractivity contribution is 7.71. The molecule has 2 aromatic heterocycles. The maximum atomic E-state index is 12.7. The Labute approximate surface area is 134 Å². The van der Waals surface area contributed by atoms with Crippen LogP contribution in [-0.4, -0.2) is 34.1 Å². The van der Waals surface area contributed by atoms with Gasteiger partial charge in [0.2, 0.25) is 0 Å². The highest BCUT2D eigenvalue weighted by Gasteiger charge is 2.13. The van der Waals surface area contributed by atoms with Crippen molar-refractivity contribution in [2.45, 2.75) is 46.7 Å². The summed E-state index contributed by atoms with van der Waals surface area (Å²) in [5, 5.41) is 0.789. The van der Waals surface area contributed by atoms with Gasteiger partial charge in [-0.2, -0.15) is 0 Å². The van der Waals surface area contributed by atoms with Gasteiger partial charge in [0.15, 0.2) is 4.77 Å². The lowest BCUT2D eigenvalue weighted by atomic mass is 10.2. The number of likely N-dealkylation sites (N-methyl/N-ethyl adjacent to an activating group) is 1. The average Bonchev–Trinajstić information content (AvgIpc) is 2.72. The summed E-state index contributed by atoms with van der Waals surface area (Å²) in [6.07, 6.45) is 1.10. The van der Waals surface area contributed by atoms with Gasteiger partial charge in [-0.3, -0.25) is 9.36 Å². The molecule has 0 radical (unpaired) electrons. The molecule has 116 valence electrons. The van der Waals surface area contributed by atoms with Crippen LogP contribution in [0.15, 0.2) is 4.79 Å². The smallest absolute Gasteiger partial charge is 0.263 e. The molecule has 0 aromatic carbocycles. The normalized spacial score (nSPS) is 13.2. The Kier molecular flexibility index (Phi) is 5.01. The van der Waals surface area contributed by atoms with Crippen molar-refractivity contribution >= 4 is 33.8 Å². The first-order valence-corrected chi connectivity index (χ1v) is 8.52. The van der Waals surface area contributed by atoms with Crippen molar-refractivity contribution in [3.8, 4) is 0 Å². The van der Waals surface area contributed by atoms with E-state index in [-0.39, 0.29) is 5.56 Å². The first kappa shape index (κ1) is 16.4. The summed E-state index contributed by atoms with van der Waals surface area (Å²) in [6.45, 7) is 9.85. The average molecular weight is 326 g/mol. The molecule has 0 saturated heterocycles. The molecule has 0 spiro atoms. The van der Waals surface area contributed by atoms with Crippen LogP contribution >= 0.6 is 23.6 Å². The second-order valence-corrected chi connectivity index (χ2v) is 7.22. The number of nitrogens with zero attached hydrogens (tertiary/aromatic N) is 2. The number of aryl methyl sites for hydroxylation is 2. The monoisotopic (exact) mass is 325 g/mol. The van der Waals surface area contributed by atoms with E-state index in [1.165, 1.54) is 4.88 Å². The second kappa shape index (κ2) is 6.42. The topological polar surface area (TPSA) is 41.0 Å². The van der Waals surface area contributed by atoms with Crippen LogP contribution in [0.4, 0.5) is 0 Å². The van der Waals surface area contributed by atoms with Gasteiger partial charge in [0.05, 0.1) is 5.39 Å². The highest BCUT2D eigenvalue weighted by Crippen LogP contribution is 2.25. The van der Waals surface area contributed by atoms with E-state index in [2.05, 4.69) is 30.8 Å². The van der Waals surface area contributed by atoms with Crippen molar-refractivity contribution in [1.29, 1.82) is 0 Å². The van der Waals surface area contributed by atoms with Gasteiger partial charge in [-0.1, -0.05) is 6.92 Å². The fourth-order valence-electron chi connectivity index (χ4n) is 2.36. The van der Waals surface area contributed by atoms with Crippen molar-refractivity contribution in [2.75, 3.05) is 13.6 Å². The number of aromatic nitrogens is 2. The Balaban J connectivity index is 2.39. The molecule has 0 bridgehead atoms. The molecule has 0 saturated carbocycles. The molecule has 1 atom stereocenters. The van der Waals surface area contributed by atoms with E-state index in [0.717, 1.165) is 28.7 Å². The molecule has 1 N–H and O–H groups in total. The molecule has 2 rings (SSSR count). The third-order valence-electron chi connectivity index (χ3n) is 4.33. The standard InChI is InChI=1S/C15H23N3OS2/c1-6-9(2)17(5)7-8-18-14(19)12-10(3)11(4)21-13(12)16-15(18)20/h9H,6-8H2,1-5H3,(H,16,20). The van der Waals surface area contributed by atoms with E-state index in [0.29, 0.717) is 17.4 Å². The molecule has 0 aliphatic carbocycles. The molecular formula is C15H23N3OS2. The van der Waals surface area contributed by atoms with Gasteiger partial charge in [0.25, 0.3) is 5.56 Å². The van der Waals surface area contributed by atoms with Gasteiger partial charge in [-0.15, -0.1) is 11.3 Å². The fourth-order valence-corrected chi connectivity index (χ4v) is 3.75. The molecule has 0 amide bonds. The Morgan fingerprint density at radius 1 is 1.43 bits per heavy atom. The van der Waals surface area contributed by atoms with Gasteiger partial charge in [0, 0.05) is 24.0 Å². The van der Waals surface area contributed by atoms with Crippen LogP contribution in [0, 0.1) is 18.6 Å². The fraction of sp³-hybridized carbons (Fsp3) is 0.600. The number of aromatic amines is 1. The first-order valence-electron chi connectivity index (χ1n) is 7.29. The Morgan fingerprint density at radius 2 is 2.10 bits per heavy atom. The van der Waals surface area contributed by atoms with Gasteiger partial charge in [-0.25, -0.2) is 0 Å². The summed E-state index contributed by atoms with van der Waals surface area (Å²) >= 11 is 6.96. The molecule has 4 nitrogen and oxygen atoms in total. The van der Waals surface area contributed by atoms with E-state index >= 15 is 0 Å². The summed E-state index contributed by atoms with van der Waals surface area (Å²) in [4.78, 5) is 20.2. The van der Waals surface area contributed by atoms with Crippen molar-refractivity contribution in [2.24, 2.45) is 0 Å². The quantitative estimate of drug-likeness (QED) is 0.856.